The maximum absolute atomic E-state index is 12.8. The van der Waals surface area contributed by atoms with Crippen molar-refractivity contribution < 1.29 is 14.3 Å². The molecule has 1 heterocycles. The minimum atomic E-state index is -0.411. The second-order valence-corrected chi connectivity index (χ2v) is 8.12. The zero-order valence-corrected chi connectivity index (χ0v) is 20.7. The lowest BCUT2D eigenvalue weighted by atomic mass is 9.91. The monoisotopic (exact) mass is 503 g/mol. The topological polar surface area (TPSA) is 97.4 Å². The average molecular weight is 504 g/mol. The predicted octanol–water partition coefficient (Wildman–Crippen LogP) is 4.60. The summed E-state index contributed by atoms with van der Waals surface area (Å²) in [6.07, 6.45) is 1.71. The molecule has 1 fully saturated rings. The highest BCUT2D eigenvalue weighted by Crippen LogP contribution is 2.27. The summed E-state index contributed by atoms with van der Waals surface area (Å²) in [6, 6.07) is 19.6. The van der Waals surface area contributed by atoms with Gasteiger partial charge in [0.25, 0.3) is 0 Å². The third-order valence-electron chi connectivity index (χ3n) is 5.83. The number of fused-ring (bicyclic) bond motifs is 1. The van der Waals surface area contributed by atoms with Gasteiger partial charge in [-0.25, -0.2) is 0 Å². The van der Waals surface area contributed by atoms with Crippen molar-refractivity contribution in [3.63, 3.8) is 0 Å². The maximum atomic E-state index is 12.8. The van der Waals surface area contributed by atoms with E-state index in [0.717, 1.165) is 47.2 Å². The first kappa shape index (κ1) is 27.4. The highest BCUT2D eigenvalue weighted by molar-refractivity contribution is 5.99. The minimum Gasteiger partial charge on any atom is -0.489 e. The lowest BCUT2D eigenvalue weighted by Crippen LogP contribution is -2.20. The van der Waals surface area contributed by atoms with Crippen molar-refractivity contribution in [1.82, 2.24) is 5.32 Å². The number of halogens is 2. The largest absolute Gasteiger partial charge is 0.489 e. The van der Waals surface area contributed by atoms with E-state index in [0.29, 0.717) is 18.6 Å². The average Bonchev–Trinajstić information content (AvgIpc) is 3.31. The van der Waals surface area contributed by atoms with E-state index < -0.39 is 5.92 Å². The summed E-state index contributed by atoms with van der Waals surface area (Å²) < 4.78 is 11.4. The summed E-state index contributed by atoms with van der Waals surface area (Å²) in [5, 5.41) is 13.0. The number of ether oxygens (including phenoxy) is 2. The van der Waals surface area contributed by atoms with Gasteiger partial charge in [-0.05, 0) is 66.4 Å². The standard InChI is InChI=1S/C26H29N3O3.2ClH/c1-2-31-26(30)24(19-7-9-22(10-8-19)32-23-11-12-29-16-23)14-17-3-4-18-5-6-20(25(27)28)15-21(18)13-17;;/h3-10,13,15,23-24,29H,2,11-12,14,16H2,1H3,(H3,27,28);2*1H/t23-,24?;;/m0../s1. The fourth-order valence-electron chi connectivity index (χ4n) is 4.11. The number of rotatable bonds is 8. The van der Waals surface area contributed by atoms with Crippen LogP contribution in [0.5, 0.6) is 5.75 Å². The van der Waals surface area contributed by atoms with E-state index in [1.165, 1.54) is 0 Å². The summed E-state index contributed by atoms with van der Waals surface area (Å²) in [4.78, 5) is 12.8. The van der Waals surface area contributed by atoms with Crippen LogP contribution >= 0.6 is 24.8 Å². The molecule has 34 heavy (non-hydrogen) atoms. The zero-order chi connectivity index (χ0) is 22.5. The van der Waals surface area contributed by atoms with Crippen LogP contribution in [0.15, 0.2) is 60.7 Å². The van der Waals surface area contributed by atoms with Gasteiger partial charge in [0.2, 0.25) is 0 Å². The second kappa shape index (κ2) is 12.6. The molecule has 1 saturated heterocycles. The highest BCUT2D eigenvalue weighted by Gasteiger charge is 2.23. The number of hydrogen-bond acceptors (Lipinski definition) is 5. The Morgan fingerprint density at radius 2 is 1.82 bits per heavy atom. The molecule has 8 heteroatoms. The van der Waals surface area contributed by atoms with Gasteiger partial charge in [0, 0.05) is 12.1 Å². The molecule has 1 unspecified atom stereocenters. The summed E-state index contributed by atoms with van der Waals surface area (Å²) in [6.45, 7) is 4.00. The van der Waals surface area contributed by atoms with Crippen molar-refractivity contribution in [2.24, 2.45) is 5.73 Å². The minimum absolute atomic E-state index is 0. The molecule has 0 bridgehead atoms. The molecule has 2 atom stereocenters. The van der Waals surface area contributed by atoms with E-state index >= 15 is 0 Å². The molecule has 1 aliphatic rings. The molecule has 3 aromatic carbocycles. The van der Waals surface area contributed by atoms with Crippen molar-refractivity contribution in [3.05, 3.63) is 77.4 Å². The molecule has 182 valence electrons. The van der Waals surface area contributed by atoms with Crippen LogP contribution in [0.4, 0.5) is 0 Å². The highest BCUT2D eigenvalue weighted by atomic mass is 35.5. The SMILES string of the molecule is CCOC(=O)C(Cc1ccc2ccc(C(=N)N)cc2c1)c1ccc(O[C@H]2CCNC2)cc1.Cl.Cl. The number of nitrogens with one attached hydrogen (secondary N) is 2. The Morgan fingerprint density at radius 1 is 1.09 bits per heavy atom. The second-order valence-electron chi connectivity index (χ2n) is 8.12. The molecule has 4 N–H and O–H groups in total. The van der Waals surface area contributed by atoms with Crippen molar-refractivity contribution in [2.45, 2.75) is 31.8 Å². The van der Waals surface area contributed by atoms with E-state index in [4.69, 9.17) is 20.6 Å². The van der Waals surface area contributed by atoms with Gasteiger partial charge in [0.15, 0.2) is 0 Å². The molecule has 0 aliphatic carbocycles. The summed E-state index contributed by atoms with van der Waals surface area (Å²) in [7, 11) is 0. The third kappa shape index (κ3) is 6.63. The number of amidine groups is 1. The molecule has 3 aromatic rings. The van der Waals surface area contributed by atoms with Crippen LogP contribution in [0.25, 0.3) is 10.8 Å². The lowest BCUT2D eigenvalue weighted by molar-refractivity contribution is -0.144. The van der Waals surface area contributed by atoms with Crippen LogP contribution in [0, 0.1) is 5.41 Å². The molecule has 0 amide bonds. The van der Waals surface area contributed by atoms with Crippen LogP contribution in [0.2, 0.25) is 0 Å². The molecular weight excluding hydrogens is 473 g/mol. The smallest absolute Gasteiger partial charge is 0.313 e. The fourth-order valence-corrected chi connectivity index (χ4v) is 4.11. The van der Waals surface area contributed by atoms with Gasteiger partial charge in [-0.1, -0.05) is 42.5 Å². The van der Waals surface area contributed by atoms with E-state index in [-0.39, 0.29) is 42.7 Å². The first-order chi connectivity index (χ1) is 15.5. The Bertz CT molecular complexity index is 1120. The van der Waals surface area contributed by atoms with Crippen LogP contribution in [-0.4, -0.2) is 37.6 Å². The quantitative estimate of drug-likeness (QED) is 0.237. The Balaban J connectivity index is 0.00000204. The van der Waals surface area contributed by atoms with Crippen molar-refractivity contribution in [2.75, 3.05) is 19.7 Å². The summed E-state index contributed by atoms with van der Waals surface area (Å²) in [5.41, 5.74) is 8.25. The Morgan fingerprint density at radius 3 is 2.47 bits per heavy atom. The van der Waals surface area contributed by atoms with E-state index in [1.54, 1.807) is 0 Å². The molecule has 0 spiro atoms. The Labute approximate surface area is 212 Å². The van der Waals surface area contributed by atoms with Gasteiger partial charge in [-0.15, -0.1) is 24.8 Å². The molecular formula is C26H31Cl2N3O3. The number of benzene rings is 3. The molecule has 0 radical (unpaired) electrons. The van der Waals surface area contributed by atoms with Gasteiger partial charge in [0.1, 0.15) is 17.7 Å². The number of nitrogens with two attached hydrogens (primary N) is 1. The van der Waals surface area contributed by atoms with Crippen LogP contribution in [-0.2, 0) is 16.0 Å². The van der Waals surface area contributed by atoms with Crippen LogP contribution < -0.4 is 15.8 Å². The Hall–Kier alpha value is -2.80. The molecule has 0 saturated carbocycles. The normalized spacial score (nSPS) is 15.6. The first-order valence-corrected chi connectivity index (χ1v) is 11.0. The van der Waals surface area contributed by atoms with Gasteiger partial charge in [-0.2, -0.15) is 0 Å². The van der Waals surface area contributed by atoms with Gasteiger partial charge < -0.3 is 20.5 Å². The summed E-state index contributed by atoms with van der Waals surface area (Å²) in [5.74, 6) is 0.203. The fraction of sp³-hybridized carbons (Fsp3) is 0.308. The zero-order valence-electron chi connectivity index (χ0n) is 19.1. The van der Waals surface area contributed by atoms with Crippen molar-refractivity contribution in [1.29, 1.82) is 5.41 Å². The number of hydrogen-bond donors (Lipinski definition) is 3. The molecule has 0 aromatic heterocycles. The van der Waals surface area contributed by atoms with Crippen LogP contribution in [0.3, 0.4) is 0 Å². The van der Waals surface area contributed by atoms with Gasteiger partial charge in [0.05, 0.1) is 12.5 Å². The lowest BCUT2D eigenvalue weighted by Gasteiger charge is -2.18. The molecule has 1 aliphatic heterocycles. The van der Waals surface area contributed by atoms with Gasteiger partial charge in [-0.3, -0.25) is 10.2 Å². The molecule has 6 nitrogen and oxygen atoms in total. The van der Waals surface area contributed by atoms with E-state index in [2.05, 4.69) is 11.4 Å². The third-order valence-corrected chi connectivity index (χ3v) is 5.83. The van der Waals surface area contributed by atoms with Crippen molar-refractivity contribution in [3.8, 4) is 5.75 Å². The van der Waals surface area contributed by atoms with Crippen molar-refractivity contribution >= 4 is 47.4 Å². The molecule has 4 rings (SSSR count). The number of carbonyl (C=O) groups excluding carboxylic acids is 1. The first-order valence-electron chi connectivity index (χ1n) is 11.0. The van der Waals surface area contributed by atoms with E-state index in [9.17, 15) is 4.79 Å². The van der Waals surface area contributed by atoms with Gasteiger partial charge >= 0.3 is 5.97 Å². The number of nitrogen functional groups attached to an aromatic ring is 1. The summed E-state index contributed by atoms with van der Waals surface area (Å²) >= 11 is 0. The predicted molar refractivity (Wildman–Crippen MR) is 141 cm³/mol. The van der Waals surface area contributed by atoms with Crippen LogP contribution in [0.1, 0.15) is 36.0 Å². The maximum Gasteiger partial charge on any atom is 0.313 e. The number of carbonyl (C=O) groups is 1. The number of esters is 1. The Kier molecular flexibility index (Phi) is 10.2. The van der Waals surface area contributed by atoms with E-state index in [1.807, 2.05) is 61.5 Å².